The molecule has 0 N–H and O–H groups in total. The maximum atomic E-state index is 12.1. The second-order valence-corrected chi connectivity index (χ2v) is 16.5. The summed E-state index contributed by atoms with van der Waals surface area (Å²) in [4.78, 5) is 12.1. The lowest BCUT2D eigenvalue weighted by molar-refractivity contribution is -0.0303. The number of hydrogen-bond acceptors (Lipinski definition) is 9. The summed E-state index contributed by atoms with van der Waals surface area (Å²) in [6.45, 7) is 14.7. The standard InChI is InChI=1S/C23H50O7S2Si2/c1-7-14-25-22(24)26-19-23(8-2,21-30-34(6,28-10-4)18-13-16-32)20-29-33(5,27-9-3)17-12-11-15-31/h31-32H,7-21H2,1-6H3. The first-order chi connectivity index (χ1) is 16.2. The van der Waals surface area contributed by atoms with Crippen molar-refractivity contribution >= 4 is 48.5 Å². The monoisotopic (exact) mass is 558 g/mol. The molecule has 3 unspecified atom stereocenters. The molecular weight excluding hydrogens is 509 g/mol. The molecule has 0 aliphatic carbocycles. The van der Waals surface area contributed by atoms with E-state index in [4.69, 9.17) is 27.2 Å². The van der Waals surface area contributed by atoms with E-state index in [2.05, 4.69) is 45.3 Å². The fourth-order valence-electron chi connectivity index (χ4n) is 3.42. The van der Waals surface area contributed by atoms with E-state index in [1.807, 2.05) is 20.8 Å². The largest absolute Gasteiger partial charge is 0.508 e. The molecule has 204 valence electrons. The van der Waals surface area contributed by atoms with Crippen molar-refractivity contribution in [3.8, 4) is 0 Å². The smallest absolute Gasteiger partial charge is 0.434 e. The molecular formula is C23H50O7S2Si2. The van der Waals surface area contributed by atoms with Gasteiger partial charge in [0.25, 0.3) is 0 Å². The van der Waals surface area contributed by atoms with Crippen LogP contribution >= 0.6 is 25.3 Å². The second-order valence-electron chi connectivity index (χ2n) is 8.96. The third-order valence-electron chi connectivity index (χ3n) is 5.76. The first-order valence-electron chi connectivity index (χ1n) is 12.7. The topological polar surface area (TPSA) is 72.5 Å². The van der Waals surface area contributed by atoms with Crippen molar-refractivity contribution < 1.29 is 32.0 Å². The quantitative estimate of drug-likeness (QED) is 0.0707. The Morgan fingerprint density at radius 1 is 0.735 bits per heavy atom. The van der Waals surface area contributed by atoms with Crippen molar-refractivity contribution in [1.82, 2.24) is 0 Å². The van der Waals surface area contributed by atoms with E-state index in [0.29, 0.717) is 39.5 Å². The minimum absolute atomic E-state index is 0.155. The van der Waals surface area contributed by atoms with Crippen molar-refractivity contribution in [3.05, 3.63) is 0 Å². The third kappa shape index (κ3) is 14.7. The normalized spacial score (nSPS) is 16.9. The number of thiol groups is 2. The van der Waals surface area contributed by atoms with Crippen LogP contribution in [0.5, 0.6) is 0 Å². The maximum Gasteiger partial charge on any atom is 0.508 e. The first-order valence-corrected chi connectivity index (χ1v) is 19.1. The Kier molecular flexibility index (Phi) is 19.5. The average Bonchev–Trinajstić information content (AvgIpc) is 2.82. The van der Waals surface area contributed by atoms with E-state index >= 15 is 0 Å². The molecule has 0 fully saturated rings. The second kappa shape index (κ2) is 19.4. The van der Waals surface area contributed by atoms with Crippen molar-refractivity contribution in [2.75, 3.05) is 51.1 Å². The number of rotatable bonds is 22. The van der Waals surface area contributed by atoms with Gasteiger partial charge < -0.3 is 27.2 Å². The molecule has 0 rings (SSSR count). The average molecular weight is 559 g/mol. The summed E-state index contributed by atoms with van der Waals surface area (Å²) in [7, 11) is -4.79. The van der Waals surface area contributed by atoms with Gasteiger partial charge in [-0.15, -0.1) is 0 Å². The van der Waals surface area contributed by atoms with Gasteiger partial charge >= 0.3 is 23.3 Å². The van der Waals surface area contributed by atoms with Gasteiger partial charge in [0.05, 0.1) is 6.61 Å². The highest BCUT2D eigenvalue weighted by Gasteiger charge is 2.40. The molecule has 0 amide bonds. The molecule has 0 aromatic heterocycles. The van der Waals surface area contributed by atoms with Crippen molar-refractivity contribution in [2.45, 2.75) is 85.0 Å². The van der Waals surface area contributed by atoms with Crippen LogP contribution in [0, 0.1) is 5.41 Å². The molecule has 3 atom stereocenters. The Morgan fingerprint density at radius 3 is 1.71 bits per heavy atom. The Hall–Kier alpha value is 0.244. The summed E-state index contributed by atoms with van der Waals surface area (Å²) in [6, 6.07) is 1.76. The van der Waals surface area contributed by atoms with Gasteiger partial charge in [0.15, 0.2) is 0 Å². The molecule has 0 radical (unpaired) electrons. The number of carbonyl (C=O) groups is 1. The fourth-order valence-corrected chi connectivity index (χ4v) is 9.00. The Bertz CT molecular complexity index is 536. The van der Waals surface area contributed by atoms with E-state index < -0.39 is 28.7 Å². The van der Waals surface area contributed by atoms with Crippen LogP contribution in [-0.2, 0) is 27.2 Å². The Balaban J connectivity index is 5.54. The molecule has 0 bridgehead atoms. The highest BCUT2D eigenvalue weighted by molar-refractivity contribution is 7.80. The third-order valence-corrected chi connectivity index (χ3v) is 12.2. The zero-order chi connectivity index (χ0) is 25.9. The summed E-state index contributed by atoms with van der Waals surface area (Å²) in [5.74, 6) is 1.64. The highest BCUT2D eigenvalue weighted by Crippen LogP contribution is 2.30. The van der Waals surface area contributed by atoms with Gasteiger partial charge in [-0.25, -0.2) is 4.79 Å². The number of ether oxygens (including phenoxy) is 2. The van der Waals surface area contributed by atoms with Gasteiger partial charge in [0.1, 0.15) is 6.61 Å². The van der Waals surface area contributed by atoms with Crippen molar-refractivity contribution in [3.63, 3.8) is 0 Å². The lowest BCUT2D eigenvalue weighted by Gasteiger charge is -2.38. The predicted octanol–water partition coefficient (Wildman–Crippen LogP) is 6.23. The molecule has 7 nitrogen and oxygen atoms in total. The van der Waals surface area contributed by atoms with Crippen LogP contribution in [0.15, 0.2) is 0 Å². The first kappa shape index (κ1) is 34.2. The van der Waals surface area contributed by atoms with E-state index in [0.717, 1.165) is 49.3 Å². The van der Waals surface area contributed by atoms with Crippen LogP contribution in [0.1, 0.15) is 59.8 Å². The van der Waals surface area contributed by atoms with Gasteiger partial charge in [0, 0.05) is 31.8 Å². The molecule has 0 saturated heterocycles. The zero-order valence-corrected chi connectivity index (χ0v) is 26.1. The number of carbonyl (C=O) groups excluding carboxylic acids is 1. The molecule has 0 aromatic rings. The van der Waals surface area contributed by atoms with Crippen LogP contribution in [-0.4, -0.2) is 74.4 Å². The SMILES string of the molecule is CCCOC(=O)OCC(CC)(CO[Si](C)(CCCS)OCC)CO[Si](C)(CCCCS)OCC. The van der Waals surface area contributed by atoms with Gasteiger partial charge in [-0.3, -0.25) is 0 Å². The van der Waals surface area contributed by atoms with Gasteiger partial charge in [-0.1, -0.05) is 20.3 Å². The lowest BCUT2D eigenvalue weighted by atomic mass is 9.88. The number of hydrogen-bond donors (Lipinski definition) is 2. The van der Waals surface area contributed by atoms with E-state index in [1.54, 1.807) is 0 Å². The van der Waals surface area contributed by atoms with Crippen molar-refractivity contribution in [1.29, 1.82) is 0 Å². The van der Waals surface area contributed by atoms with Crippen molar-refractivity contribution in [2.24, 2.45) is 5.41 Å². The summed E-state index contributed by atoms with van der Waals surface area (Å²) in [5, 5.41) is 0. The maximum absolute atomic E-state index is 12.1. The fraction of sp³-hybridized carbons (Fsp3) is 0.957. The van der Waals surface area contributed by atoms with Crippen LogP contribution in [0.4, 0.5) is 4.79 Å². The van der Waals surface area contributed by atoms with Crippen LogP contribution < -0.4 is 0 Å². The highest BCUT2D eigenvalue weighted by atomic mass is 32.1. The molecule has 11 heteroatoms. The molecule has 0 spiro atoms. The number of unbranched alkanes of at least 4 members (excludes halogenated alkanes) is 1. The van der Waals surface area contributed by atoms with E-state index in [-0.39, 0.29) is 6.61 Å². The van der Waals surface area contributed by atoms with Gasteiger partial charge in [-0.05, 0) is 76.2 Å². The molecule has 0 aromatic carbocycles. The zero-order valence-electron chi connectivity index (χ0n) is 22.4. The summed E-state index contributed by atoms with van der Waals surface area (Å²) >= 11 is 8.68. The van der Waals surface area contributed by atoms with Crippen LogP contribution in [0.25, 0.3) is 0 Å². The molecule has 34 heavy (non-hydrogen) atoms. The molecule has 0 saturated carbocycles. The summed E-state index contributed by atoms with van der Waals surface area (Å²) in [5.41, 5.74) is -0.521. The van der Waals surface area contributed by atoms with E-state index in [9.17, 15) is 4.79 Å². The molecule has 0 aliphatic heterocycles. The van der Waals surface area contributed by atoms with Crippen LogP contribution in [0.2, 0.25) is 25.2 Å². The minimum atomic E-state index is -2.39. The summed E-state index contributed by atoms with van der Waals surface area (Å²) < 4.78 is 35.9. The minimum Gasteiger partial charge on any atom is -0.434 e. The van der Waals surface area contributed by atoms with Crippen LogP contribution in [0.3, 0.4) is 0 Å². The lowest BCUT2D eigenvalue weighted by Crippen LogP contribution is -2.48. The molecule has 0 heterocycles. The Morgan fingerprint density at radius 2 is 1.26 bits per heavy atom. The summed E-state index contributed by atoms with van der Waals surface area (Å²) in [6.07, 6.45) is 3.78. The predicted molar refractivity (Wildman–Crippen MR) is 150 cm³/mol. The van der Waals surface area contributed by atoms with Gasteiger partial charge in [0.2, 0.25) is 0 Å². The molecule has 0 aliphatic rings. The van der Waals surface area contributed by atoms with E-state index in [1.165, 1.54) is 0 Å². The Labute approximate surface area is 221 Å². The van der Waals surface area contributed by atoms with Gasteiger partial charge in [-0.2, -0.15) is 25.3 Å².